The second-order valence-electron chi connectivity index (χ2n) is 9.44. The maximum absolute atomic E-state index is 5.05. The van der Waals surface area contributed by atoms with Gasteiger partial charge in [0.1, 0.15) is 0 Å². The molecule has 0 bridgehead atoms. The lowest BCUT2D eigenvalue weighted by atomic mass is 10.0. The molecule has 4 heteroatoms. The number of rotatable bonds is 3. The number of fused-ring (bicyclic) bond motifs is 8. The fourth-order valence-corrected chi connectivity index (χ4v) is 8.32. The molecular weight excluding hydrogens is 501 g/mol. The number of pyridine rings is 2. The summed E-state index contributed by atoms with van der Waals surface area (Å²) < 4.78 is 0. The van der Waals surface area contributed by atoms with Gasteiger partial charge in [0.05, 0.1) is 22.1 Å². The number of hydrogen-bond donors (Lipinski definition) is 0. The summed E-state index contributed by atoms with van der Waals surface area (Å²) in [6.45, 7) is 0. The third kappa shape index (κ3) is 3.38. The van der Waals surface area contributed by atoms with E-state index in [0.717, 1.165) is 22.1 Å². The summed E-state index contributed by atoms with van der Waals surface area (Å²) in [5, 5.41) is 9.73. The van der Waals surface area contributed by atoms with Crippen molar-refractivity contribution in [2.24, 2.45) is 0 Å². The van der Waals surface area contributed by atoms with Crippen LogP contribution in [-0.2, 0) is 0 Å². The molecule has 0 radical (unpaired) electrons. The van der Waals surface area contributed by atoms with Crippen molar-refractivity contribution in [1.82, 2.24) is 9.97 Å². The van der Waals surface area contributed by atoms with Crippen LogP contribution >= 0.6 is 21.6 Å². The molecule has 0 aliphatic rings. The van der Waals surface area contributed by atoms with Crippen LogP contribution in [0.25, 0.3) is 65.2 Å². The van der Waals surface area contributed by atoms with E-state index in [-0.39, 0.29) is 0 Å². The molecule has 0 fully saturated rings. The van der Waals surface area contributed by atoms with E-state index in [2.05, 4.69) is 121 Å². The highest BCUT2D eigenvalue weighted by Gasteiger charge is 2.17. The standard InChI is InChI=1S/C34H20N2S2/c1-3-11-23-21(9-1)17-19-29-31(23)33(25-13-5-7-15-27(25)35-29)37-38-34-26-14-6-8-16-28(26)36-30-20-18-22-10-2-4-12-24(22)32(30)34/h1-20H. The van der Waals surface area contributed by atoms with Crippen LogP contribution in [0.5, 0.6) is 0 Å². The Bertz CT molecular complexity index is 2050. The number of para-hydroxylation sites is 2. The summed E-state index contributed by atoms with van der Waals surface area (Å²) in [5.41, 5.74) is 4.10. The third-order valence-corrected chi connectivity index (χ3v) is 9.77. The lowest BCUT2D eigenvalue weighted by molar-refractivity contribution is 1.46. The highest BCUT2D eigenvalue weighted by molar-refractivity contribution is 8.77. The minimum Gasteiger partial charge on any atom is -0.248 e. The van der Waals surface area contributed by atoms with E-state index >= 15 is 0 Å². The molecule has 8 rings (SSSR count). The molecule has 0 aliphatic carbocycles. The molecule has 0 unspecified atom stereocenters. The summed E-state index contributed by atoms with van der Waals surface area (Å²) in [5.74, 6) is 0. The Morgan fingerprint density at radius 2 is 0.737 bits per heavy atom. The van der Waals surface area contributed by atoms with Crippen LogP contribution in [0.3, 0.4) is 0 Å². The molecule has 0 saturated carbocycles. The van der Waals surface area contributed by atoms with Gasteiger partial charge in [-0.05, 0) is 45.8 Å². The molecule has 178 valence electrons. The first kappa shape index (κ1) is 21.9. The Kier molecular flexibility index (Phi) is 5.03. The maximum Gasteiger partial charge on any atom is 0.0727 e. The average Bonchev–Trinajstić information content (AvgIpc) is 2.98. The zero-order chi connectivity index (χ0) is 25.1. The van der Waals surface area contributed by atoms with Crippen molar-refractivity contribution in [3.63, 3.8) is 0 Å². The highest BCUT2D eigenvalue weighted by Crippen LogP contribution is 2.49. The highest BCUT2D eigenvalue weighted by atomic mass is 33.1. The van der Waals surface area contributed by atoms with E-state index in [0.29, 0.717) is 0 Å². The first-order valence-electron chi connectivity index (χ1n) is 12.6. The lowest BCUT2D eigenvalue weighted by Crippen LogP contribution is -1.90. The van der Waals surface area contributed by atoms with Gasteiger partial charge in [0.15, 0.2) is 0 Å². The van der Waals surface area contributed by atoms with E-state index in [1.54, 1.807) is 0 Å². The van der Waals surface area contributed by atoms with E-state index in [4.69, 9.17) is 9.97 Å². The number of hydrogen-bond acceptors (Lipinski definition) is 4. The van der Waals surface area contributed by atoms with Gasteiger partial charge in [-0.3, -0.25) is 0 Å². The SMILES string of the molecule is c1ccc2c(c1)ccc1nc3ccccc3c(SSc3c4ccccc4nc4ccc5ccccc5c34)c12. The van der Waals surface area contributed by atoms with Gasteiger partial charge >= 0.3 is 0 Å². The van der Waals surface area contributed by atoms with Crippen molar-refractivity contribution < 1.29 is 0 Å². The van der Waals surface area contributed by atoms with Gasteiger partial charge in [-0.15, -0.1) is 0 Å². The van der Waals surface area contributed by atoms with E-state index in [1.807, 2.05) is 21.6 Å². The first-order valence-corrected chi connectivity index (χ1v) is 14.7. The molecule has 0 saturated heterocycles. The second kappa shape index (κ2) is 8.73. The van der Waals surface area contributed by atoms with Gasteiger partial charge in [0.25, 0.3) is 0 Å². The topological polar surface area (TPSA) is 25.8 Å². The van der Waals surface area contributed by atoms with Crippen LogP contribution < -0.4 is 0 Å². The molecule has 0 N–H and O–H groups in total. The van der Waals surface area contributed by atoms with Gasteiger partial charge in [-0.25, -0.2) is 9.97 Å². The smallest absolute Gasteiger partial charge is 0.0727 e. The van der Waals surface area contributed by atoms with Crippen molar-refractivity contribution in [3.05, 3.63) is 121 Å². The van der Waals surface area contributed by atoms with Crippen LogP contribution in [0.4, 0.5) is 0 Å². The molecule has 2 aromatic heterocycles. The predicted molar refractivity (Wildman–Crippen MR) is 165 cm³/mol. The Morgan fingerprint density at radius 1 is 0.342 bits per heavy atom. The summed E-state index contributed by atoms with van der Waals surface area (Å²) in [6, 6.07) is 42.9. The van der Waals surface area contributed by atoms with Gasteiger partial charge in [-0.1, -0.05) is 119 Å². The minimum absolute atomic E-state index is 1.02. The molecule has 0 spiro atoms. The Balaban J connectivity index is 1.42. The summed E-state index contributed by atoms with van der Waals surface area (Å²) >= 11 is 0. The summed E-state index contributed by atoms with van der Waals surface area (Å²) in [4.78, 5) is 12.6. The summed E-state index contributed by atoms with van der Waals surface area (Å²) in [6.07, 6.45) is 0. The zero-order valence-corrected chi connectivity index (χ0v) is 21.9. The molecule has 2 nitrogen and oxygen atoms in total. The van der Waals surface area contributed by atoms with Crippen LogP contribution in [0.1, 0.15) is 0 Å². The quantitative estimate of drug-likeness (QED) is 0.131. The Morgan fingerprint density at radius 3 is 1.21 bits per heavy atom. The molecule has 38 heavy (non-hydrogen) atoms. The normalized spacial score (nSPS) is 11.9. The van der Waals surface area contributed by atoms with E-state index in [9.17, 15) is 0 Å². The number of benzene rings is 6. The maximum atomic E-state index is 5.05. The monoisotopic (exact) mass is 520 g/mol. The molecule has 8 aromatic rings. The van der Waals surface area contributed by atoms with Gasteiger partial charge < -0.3 is 0 Å². The van der Waals surface area contributed by atoms with Crippen LogP contribution in [0.15, 0.2) is 131 Å². The molecule has 6 aromatic carbocycles. The van der Waals surface area contributed by atoms with Crippen molar-refractivity contribution in [1.29, 1.82) is 0 Å². The zero-order valence-electron chi connectivity index (χ0n) is 20.3. The fraction of sp³-hybridized carbons (Fsp3) is 0. The minimum atomic E-state index is 1.02. The lowest BCUT2D eigenvalue weighted by Gasteiger charge is -2.15. The molecule has 0 atom stereocenters. The molecule has 0 aliphatic heterocycles. The summed E-state index contributed by atoms with van der Waals surface area (Å²) in [7, 11) is 3.67. The van der Waals surface area contributed by atoms with Gasteiger partial charge in [-0.2, -0.15) is 0 Å². The van der Waals surface area contributed by atoms with Crippen LogP contribution in [0.2, 0.25) is 0 Å². The van der Waals surface area contributed by atoms with Gasteiger partial charge in [0, 0.05) is 31.3 Å². The Hall–Kier alpha value is -4.12. The number of aromatic nitrogens is 2. The largest absolute Gasteiger partial charge is 0.248 e. The van der Waals surface area contributed by atoms with Crippen molar-refractivity contribution in [2.75, 3.05) is 0 Å². The van der Waals surface area contributed by atoms with E-state index in [1.165, 1.54) is 52.9 Å². The predicted octanol–water partition coefficient (Wildman–Crippen LogP) is 10.2. The first-order chi connectivity index (χ1) is 18.8. The average molecular weight is 521 g/mol. The molecule has 2 heterocycles. The molecule has 0 amide bonds. The van der Waals surface area contributed by atoms with E-state index < -0.39 is 0 Å². The van der Waals surface area contributed by atoms with Gasteiger partial charge in [0.2, 0.25) is 0 Å². The fourth-order valence-electron chi connectivity index (χ4n) is 5.50. The van der Waals surface area contributed by atoms with Crippen molar-refractivity contribution in [3.8, 4) is 0 Å². The van der Waals surface area contributed by atoms with Crippen molar-refractivity contribution in [2.45, 2.75) is 9.79 Å². The third-order valence-electron chi connectivity index (χ3n) is 7.26. The van der Waals surface area contributed by atoms with Crippen molar-refractivity contribution >= 4 is 86.7 Å². The van der Waals surface area contributed by atoms with Crippen LogP contribution in [-0.4, -0.2) is 9.97 Å². The second-order valence-corrected chi connectivity index (χ2v) is 11.6. The Labute approximate surface area is 227 Å². The van der Waals surface area contributed by atoms with Crippen LogP contribution in [0, 0.1) is 0 Å². The number of nitrogens with zero attached hydrogens (tertiary/aromatic N) is 2. The molecular formula is C34H20N2S2.